The summed E-state index contributed by atoms with van der Waals surface area (Å²) in [7, 11) is 0. The maximum absolute atomic E-state index is 12.2. The first-order chi connectivity index (χ1) is 10.2. The van der Waals surface area contributed by atoms with Gasteiger partial charge in [0, 0.05) is 18.1 Å². The Kier molecular flexibility index (Phi) is 3.13. The summed E-state index contributed by atoms with van der Waals surface area (Å²) in [6, 6.07) is 12.7. The van der Waals surface area contributed by atoms with Crippen LogP contribution in [-0.2, 0) is 0 Å². The summed E-state index contributed by atoms with van der Waals surface area (Å²) in [5.41, 5.74) is 3.22. The fourth-order valence-electron chi connectivity index (χ4n) is 2.05. The summed E-state index contributed by atoms with van der Waals surface area (Å²) in [5.74, 6) is -0.300. The standard InChI is InChI=1S/C16H12N4O/c1-11-5-6-20-10-14(19-15(20)7-11)16(21)18-13-4-2-3-12(8-13)9-17/h2-8,10H,1H3,(H,18,21). The van der Waals surface area contributed by atoms with E-state index in [1.165, 1.54) is 0 Å². The SMILES string of the molecule is Cc1ccn2cc(C(=O)Nc3cccc(C#N)c3)nc2c1. The number of amides is 1. The average Bonchev–Trinajstić information content (AvgIpc) is 2.90. The van der Waals surface area contributed by atoms with E-state index in [1.54, 1.807) is 34.9 Å². The van der Waals surface area contributed by atoms with Gasteiger partial charge in [0.05, 0.1) is 11.6 Å². The van der Waals surface area contributed by atoms with E-state index < -0.39 is 0 Å². The summed E-state index contributed by atoms with van der Waals surface area (Å²) in [6.07, 6.45) is 3.54. The molecule has 3 rings (SSSR count). The Labute approximate surface area is 121 Å². The number of fused-ring (bicyclic) bond motifs is 1. The second kappa shape index (κ2) is 5.10. The largest absolute Gasteiger partial charge is 0.321 e. The number of carbonyl (C=O) groups excluding carboxylic acids is 1. The van der Waals surface area contributed by atoms with Crippen LogP contribution in [0.4, 0.5) is 5.69 Å². The molecule has 0 bridgehead atoms. The lowest BCUT2D eigenvalue weighted by Gasteiger charge is -2.02. The Morgan fingerprint density at radius 1 is 1.33 bits per heavy atom. The van der Waals surface area contributed by atoms with E-state index in [0.717, 1.165) is 11.2 Å². The molecule has 1 amide bonds. The number of benzene rings is 1. The van der Waals surface area contributed by atoms with E-state index in [1.807, 2.05) is 31.3 Å². The molecular weight excluding hydrogens is 264 g/mol. The highest BCUT2D eigenvalue weighted by Gasteiger charge is 2.11. The first-order valence-corrected chi connectivity index (χ1v) is 6.42. The number of imidazole rings is 1. The van der Waals surface area contributed by atoms with Crippen molar-refractivity contribution in [3.63, 3.8) is 0 Å². The molecule has 0 fully saturated rings. The zero-order chi connectivity index (χ0) is 14.8. The molecule has 2 aromatic heterocycles. The number of aromatic nitrogens is 2. The fourth-order valence-corrected chi connectivity index (χ4v) is 2.05. The van der Waals surface area contributed by atoms with Crippen molar-refractivity contribution in [1.82, 2.24) is 9.38 Å². The Bertz CT molecular complexity index is 873. The minimum atomic E-state index is -0.300. The van der Waals surface area contributed by atoms with Crippen LogP contribution >= 0.6 is 0 Å². The number of pyridine rings is 1. The highest BCUT2D eigenvalue weighted by atomic mass is 16.1. The second-order valence-electron chi connectivity index (χ2n) is 4.74. The van der Waals surface area contributed by atoms with Gasteiger partial charge in [0.2, 0.25) is 0 Å². The Hall–Kier alpha value is -3.13. The lowest BCUT2D eigenvalue weighted by atomic mass is 10.2. The van der Waals surface area contributed by atoms with Crippen molar-refractivity contribution in [2.24, 2.45) is 0 Å². The van der Waals surface area contributed by atoms with Crippen LogP contribution in [0.1, 0.15) is 21.6 Å². The summed E-state index contributed by atoms with van der Waals surface area (Å²) in [6.45, 7) is 1.97. The van der Waals surface area contributed by atoms with Crippen LogP contribution in [-0.4, -0.2) is 15.3 Å². The van der Waals surface area contributed by atoms with Gasteiger partial charge in [-0.2, -0.15) is 5.26 Å². The third-order valence-corrected chi connectivity index (χ3v) is 3.10. The lowest BCUT2D eigenvalue weighted by molar-refractivity contribution is 0.102. The fraction of sp³-hybridized carbons (Fsp3) is 0.0625. The highest BCUT2D eigenvalue weighted by molar-refractivity contribution is 6.03. The van der Waals surface area contributed by atoms with Crippen LogP contribution < -0.4 is 5.32 Å². The normalized spacial score (nSPS) is 10.3. The molecule has 3 aromatic rings. The summed E-state index contributed by atoms with van der Waals surface area (Å²) in [5, 5.41) is 11.6. The molecular formula is C16H12N4O. The Balaban J connectivity index is 1.88. The third-order valence-electron chi connectivity index (χ3n) is 3.10. The van der Waals surface area contributed by atoms with Gasteiger partial charge in [0.25, 0.3) is 5.91 Å². The minimum Gasteiger partial charge on any atom is -0.321 e. The van der Waals surface area contributed by atoms with Gasteiger partial charge in [-0.1, -0.05) is 6.07 Å². The van der Waals surface area contributed by atoms with Crippen molar-refractivity contribution < 1.29 is 4.79 Å². The van der Waals surface area contributed by atoms with Crippen LogP contribution in [0.3, 0.4) is 0 Å². The number of nitrogens with one attached hydrogen (secondary N) is 1. The van der Waals surface area contributed by atoms with Crippen molar-refractivity contribution >= 4 is 17.2 Å². The molecule has 1 N–H and O–H groups in total. The average molecular weight is 276 g/mol. The van der Waals surface area contributed by atoms with E-state index in [2.05, 4.69) is 10.3 Å². The van der Waals surface area contributed by atoms with Crippen LogP contribution in [0.25, 0.3) is 5.65 Å². The van der Waals surface area contributed by atoms with Gasteiger partial charge >= 0.3 is 0 Å². The molecule has 102 valence electrons. The molecule has 0 spiro atoms. The highest BCUT2D eigenvalue weighted by Crippen LogP contribution is 2.13. The first kappa shape index (κ1) is 12.9. The molecule has 21 heavy (non-hydrogen) atoms. The zero-order valence-electron chi connectivity index (χ0n) is 11.4. The van der Waals surface area contributed by atoms with E-state index in [0.29, 0.717) is 16.9 Å². The van der Waals surface area contributed by atoms with Gasteiger partial charge < -0.3 is 9.72 Å². The lowest BCUT2D eigenvalue weighted by Crippen LogP contribution is -2.12. The van der Waals surface area contributed by atoms with Crippen molar-refractivity contribution in [2.45, 2.75) is 6.92 Å². The Morgan fingerprint density at radius 3 is 3.00 bits per heavy atom. The van der Waals surface area contributed by atoms with E-state index >= 15 is 0 Å². The van der Waals surface area contributed by atoms with E-state index in [9.17, 15) is 4.79 Å². The number of carbonyl (C=O) groups is 1. The minimum absolute atomic E-state index is 0.300. The molecule has 0 atom stereocenters. The van der Waals surface area contributed by atoms with Crippen LogP contribution in [0, 0.1) is 18.3 Å². The van der Waals surface area contributed by atoms with Gasteiger partial charge in [0.15, 0.2) is 0 Å². The summed E-state index contributed by atoms with van der Waals surface area (Å²) in [4.78, 5) is 16.5. The van der Waals surface area contributed by atoms with Crippen molar-refractivity contribution in [1.29, 1.82) is 5.26 Å². The molecule has 2 heterocycles. The number of anilines is 1. The second-order valence-corrected chi connectivity index (χ2v) is 4.74. The molecule has 5 nitrogen and oxygen atoms in total. The molecule has 0 saturated carbocycles. The molecule has 0 radical (unpaired) electrons. The molecule has 0 aliphatic carbocycles. The van der Waals surface area contributed by atoms with Gasteiger partial charge in [-0.15, -0.1) is 0 Å². The third kappa shape index (κ3) is 2.60. The number of aryl methyl sites for hydroxylation is 1. The number of nitrogens with zero attached hydrogens (tertiary/aromatic N) is 3. The van der Waals surface area contributed by atoms with Crippen molar-refractivity contribution in [2.75, 3.05) is 5.32 Å². The number of hydrogen-bond acceptors (Lipinski definition) is 3. The van der Waals surface area contributed by atoms with Crippen LogP contribution in [0.15, 0.2) is 48.8 Å². The maximum Gasteiger partial charge on any atom is 0.275 e. The van der Waals surface area contributed by atoms with E-state index in [-0.39, 0.29) is 5.91 Å². The molecule has 0 aliphatic heterocycles. The number of hydrogen-bond donors (Lipinski definition) is 1. The summed E-state index contributed by atoms with van der Waals surface area (Å²) < 4.78 is 1.80. The van der Waals surface area contributed by atoms with Crippen molar-refractivity contribution in [3.05, 3.63) is 65.6 Å². The molecule has 5 heteroatoms. The summed E-state index contributed by atoms with van der Waals surface area (Å²) >= 11 is 0. The quantitative estimate of drug-likeness (QED) is 0.782. The monoisotopic (exact) mass is 276 g/mol. The van der Waals surface area contributed by atoms with Gasteiger partial charge in [-0.25, -0.2) is 4.98 Å². The number of rotatable bonds is 2. The van der Waals surface area contributed by atoms with Crippen LogP contribution in [0.5, 0.6) is 0 Å². The Morgan fingerprint density at radius 2 is 2.19 bits per heavy atom. The molecule has 0 unspecified atom stereocenters. The van der Waals surface area contributed by atoms with Gasteiger partial charge in [-0.3, -0.25) is 4.79 Å². The van der Waals surface area contributed by atoms with Crippen molar-refractivity contribution in [3.8, 4) is 6.07 Å². The molecule has 0 aliphatic rings. The zero-order valence-corrected chi connectivity index (χ0v) is 11.4. The maximum atomic E-state index is 12.2. The topological polar surface area (TPSA) is 70.2 Å². The predicted octanol–water partition coefficient (Wildman–Crippen LogP) is 2.77. The van der Waals surface area contributed by atoms with E-state index in [4.69, 9.17) is 5.26 Å². The molecule has 1 aromatic carbocycles. The van der Waals surface area contributed by atoms with Gasteiger partial charge in [-0.05, 0) is 42.8 Å². The van der Waals surface area contributed by atoms with Gasteiger partial charge in [0.1, 0.15) is 11.3 Å². The smallest absolute Gasteiger partial charge is 0.275 e. The first-order valence-electron chi connectivity index (χ1n) is 6.42. The molecule has 0 saturated heterocycles. The predicted molar refractivity (Wildman–Crippen MR) is 79.0 cm³/mol. The van der Waals surface area contributed by atoms with Crippen LogP contribution in [0.2, 0.25) is 0 Å². The number of nitriles is 1.